The predicted molar refractivity (Wildman–Crippen MR) is 73.6 cm³/mol. The van der Waals surface area contributed by atoms with Gasteiger partial charge in [-0.1, -0.05) is 11.6 Å². The first-order chi connectivity index (χ1) is 8.86. The van der Waals surface area contributed by atoms with Crippen molar-refractivity contribution in [1.29, 1.82) is 0 Å². The minimum absolute atomic E-state index is 0.614. The quantitative estimate of drug-likeness (QED) is 0.710. The van der Waals surface area contributed by atoms with Crippen molar-refractivity contribution in [1.82, 2.24) is 15.0 Å². The number of pyridine rings is 2. The lowest BCUT2D eigenvalue weighted by Gasteiger charge is -2.06. The molecule has 88 valence electrons. The van der Waals surface area contributed by atoms with Gasteiger partial charge >= 0.3 is 0 Å². The van der Waals surface area contributed by atoms with Crippen LogP contribution >= 0.6 is 22.9 Å². The van der Waals surface area contributed by atoms with Crippen molar-refractivity contribution < 1.29 is 0 Å². The van der Waals surface area contributed by atoms with Crippen LogP contribution < -0.4 is 0 Å². The summed E-state index contributed by atoms with van der Waals surface area (Å²) < 4.78 is 0. The van der Waals surface area contributed by atoms with Crippen LogP contribution in [0.15, 0.2) is 48.2 Å². The molecule has 0 aliphatic heterocycles. The molecule has 0 saturated carbocycles. The van der Waals surface area contributed by atoms with E-state index in [1.54, 1.807) is 29.9 Å². The molecule has 3 aromatic heterocycles. The molecule has 3 nitrogen and oxygen atoms in total. The molecular weight excluding hydrogens is 266 g/mol. The van der Waals surface area contributed by atoms with Gasteiger partial charge in [0.05, 0.1) is 10.7 Å². The van der Waals surface area contributed by atoms with Gasteiger partial charge in [0, 0.05) is 29.5 Å². The van der Waals surface area contributed by atoms with Gasteiger partial charge in [0.15, 0.2) is 0 Å². The van der Waals surface area contributed by atoms with Crippen molar-refractivity contribution in [3.05, 3.63) is 53.3 Å². The summed E-state index contributed by atoms with van der Waals surface area (Å²) in [7, 11) is 0. The normalized spacial score (nSPS) is 10.5. The third kappa shape index (κ3) is 2.00. The van der Waals surface area contributed by atoms with E-state index in [4.69, 9.17) is 11.6 Å². The van der Waals surface area contributed by atoms with Gasteiger partial charge in [0.25, 0.3) is 0 Å². The number of hydrogen-bond acceptors (Lipinski definition) is 4. The van der Waals surface area contributed by atoms with E-state index in [-0.39, 0.29) is 0 Å². The average molecular weight is 274 g/mol. The van der Waals surface area contributed by atoms with Crippen LogP contribution in [-0.2, 0) is 0 Å². The molecule has 0 unspecified atom stereocenters. The van der Waals surface area contributed by atoms with Gasteiger partial charge in [-0.2, -0.15) is 0 Å². The number of nitrogens with zero attached hydrogens (tertiary/aromatic N) is 3. The van der Waals surface area contributed by atoms with Crippen molar-refractivity contribution in [3.8, 4) is 22.0 Å². The standard InChI is InChI=1S/C13H8ClN3S/c14-10-4-2-6-15-11(10)9-3-1-5-16-12(9)13-17-7-8-18-13/h1-8H. The van der Waals surface area contributed by atoms with E-state index in [0.29, 0.717) is 5.02 Å². The fourth-order valence-electron chi connectivity index (χ4n) is 1.69. The lowest BCUT2D eigenvalue weighted by atomic mass is 10.1. The maximum atomic E-state index is 6.18. The van der Waals surface area contributed by atoms with Crippen LogP contribution in [0.3, 0.4) is 0 Å². The first-order valence-corrected chi connectivity index (χ1v) is 6.58. The highest BCUT2D eigenvalue weighted by atomic mass is 35.5. The monoisotopic (exact) mass is 273 g/mol. The van der Waals surface area contributed by atoms with E-state index < -0.39 is 0 Å². The highest BCUT2D eigenvalue weighted by molar-refractivity contribution is 7.13. The average Bonchev–Trinajstić information content (AvgIpc) is 2.93. The highest BCUT2D eigenvalue weighted by Crippen LogP contribution is 2.33. The molecule has 3 aromatic rings. The minimum atomic E-state index is 0.614. The van der Waals surface area contributed by atoms with Crippen LogP contribution in [0.5, 0.6) is 0 Å². The van der Waals surface area contributed by atoms with Crippen LogP contribution in [0.2, 0.25) is 5.02 Å². The number of halogens is 1. The lowest BCUT2D eigenvalue weighted by molar-refractivity contribution is 1.26. The predicted octanol–water partition coefficient (Wildman–Crippen LogP) is 3.92. The van der Waals surface area contributed by atoms with Crippen LogP contribution in [0.4, 0.5) is 0 Å². The summed E-state index contributed by atoms with van der Waals surface area (Å²) in [4.78, 5) is 13.0. The molecule has 3 rings (SSSR count). The van der Waals surface area contributed by atoms with Crippen LogP contribution in [0.1, 0.15) is 0 Å². The third-order valence-electron chi connectivity index (χ3n) is 2.46. The fourth-order valence-corrected chi connectivity index (χ4v) is 2.56. The van der Waals surface area contributed by atoms with E-state index in [0.717, 1.165) is 22.0 Å². The van der Waals surface area contributed by atoms with Crippen molar-refractivity contribution in [2.24, 2.45) is 0 Å². The van der Waals surface area contributed by atoms with Gasteiger partial charge < -0.3 is 0 Å². The molecular formula is C13H8ClN3S. The Morgan fingerprint density at radius 2 is 1.67 bits per heavy atom. The maximum absolute atomic E-state index is 6.18. The molecule has 0 radical (unpaired) electrons. The zero-order valence-corrected chi connectivity index (χ0v) is 10.8. The first-order valence-electron chi connectivity index (χ1n) is 5.32. The molecule has 0 amide bonds. The first kappa shape index (κ1) is 11.3. The molecule has 0 aliphatic rings. The second kappa shape index (κ2) is 4.84. The second-order valence-corrected chi connectivity index (χ2v) is 4.87. The molecule has 3 heterocycles. The molecule has 0 aliphatic carbocycles. The molecule has 0 saturated heterocycles. The maximum Gasteiger partial charge on any atom is 0.142 e. The molecule has 0 N–H and O–H groups in total. The van der Waals surface area contributed by atoms with Gasteiger partial charge in [0.2, 0.25) is 0 Å². The van der Waals surface area contributed by atoms with E-state index in [9.17, 15) is 0 Å². The molecule has 0 aromatic carbocycles. The Morgan fingerprint density at radius 3 is 2.39 bits per heavy atom. The summed E-state index contributed by atoms with van der Waals surface area (Å²) in [5.41, 5.74) is 2.45. The Hall–Kier alpha value is -1.78. The van der Waals surface area contributed by atoms with Crippen molar-refractivity contribution in [2.75, 3.05) is 0 Å². The zero-order chi connectivity index (χ0) is 12.4. The van der Waals surface area contributed by atoms with Gasteiger partial charge in [-0.3, -0.25) is 9.97 Å². The smallest absolute Gasteiger partial charge is 0.142 e. The number of thiazole rings is 1. The minimum Gasteiger partial charge on any atom is -0.255 e. The van der Waals surface area contributed by atoms with Crippen molar-refractivity contribution in [2.45, 2.75) is 0 Å². The number of hydrogen-bond donors (Lipinski definition) is 0. The van der Waals surface area contributed by atoms with E-state index >= 15 is 0 Å². The van der Waals surface area contributed by atoms with E-state index in [2.05, 4.69) is 15.0 Å². The number of rotatable bonds is 2. The lowest BCUT2D eigenvalue weighted by Crippen LogP contribution is -1.91. The molecule has 0 atom stereocenters. The van der Waals surface area contributed by atoms with Crippen LogP contribution in [-0.4, -0.2) is 15.0 Å². The Labute approximate surface area is 113 Å². The Kier molecular flexibility index (Phi) is 3.04. The zero-order valence-electron chi connectivity index (χ0n) is 9.25. The highest BCUT2D eigenvalue weighted by Gasteiger charge is 2.13. The summed E-state index contributed by atoms with van der Waals surface area (Å²) in [6.07, 6.45) is 5.23. The molecule has 0 bridgehead atoms. The second-order valence-electron chi connectivity index (χ2n) is 3.57. The summed E-state index contributed by atoms with van der Waals surface area (Å²) in [6.45, 7) is 0. The molecule has 0 fully saturated rings. The van der Waals surface area contributed by atoms with E-state index in [1.165, 1.54) is 0 Å². The molecule has 18 heavy (non-hydrogen) atoms. The Morgan fingerprint density at radius 1 is 0.889 bits per heavy atom. The Bertz CT molecular complexity index is 668. The van der Waals surface area contributed by atoms with Crippen molar-refractivity contribution >= 4 is 22.9 Å². The Balaban J connectivity index is 2.22. The van der Waals surface area contributed by atoms with Gasteiger partial charge in [-0.05, 0) is 24.3 Å². The third-order valence-corrected chi connectivity index (χ3v) is 3.54. The number of aromatic nitrogens is 3. The van der Waals surface area contributed by atoms with Gasteiger partial charge in [0.1, 0.15) is 10.7 Å². The van der Waals surface area contributed by atoms with E-state index in [1.807, 2.05) is 29.6 Å². The van der Waals surface area contributed by atoms with Gasteiger partial charge in [-0.15, -0.1) is 11.3 Å². The largest absolute Gasteiger partial charge is 0.255 e. The molecule has 5 heteroatoms. The summed E-state index contributed by atoms with van der Waals surface area (Å²) >= 11 is 7.73. The fraction of sp³-hybridized carbons (Fsp3) is 0. The SMILES string of the molecule is Clc1cccnc1-c1cccnc1-c1nccs1. The van der Waals surface area contributed by atoms with Crippen molar-refractivity contribution in [3.63, 3.8) is 0 Å². The summed E-state index contributed by atoms with van der Waals surface area (Å²) in [5.74, 6) is 0. The van der Waals surface area contributed by atoms with Crippen LogP contribution in [0, 0.1) is 0 Å². The topological polar surface area (TPSA) is 38.7 Å². The van der Waals surface area contributed by atoms with Gasteiger partial charge in [-0.25, -0.2) is 4.98 Å². The summed E-state index contributed by atoms with van der Waals surface area (Å²) in [5, 5.41) is 3.41. The summed E-state index contributed by atoms with van der Waals surface area (Å²) in [6, 6.07) is 7.46. The molecule has 0 spiro atoms. The van der Waals surface area contributed by atoms with Crippen LogP contribution in [0.25, 0.3) is 22.0 Å².